The molecule has 0 fully saturated rings. The van der Waals surface area contributed by atoms with Crippen LogP contribution in [0.5, 0.6) is 5.75 Å². The Morgan fingerprint density at radius 3 is 2.35 bits per heavy atom. The maximum absolute atomic E-state index is 11.6. The second-order valence-electron chi connectivity index (χ2n) is 5.50. The second kappa shape index (κ2) is 5.71. The molecular weight excluding hydrogens is 214 g/mol. The van der Waals surface area contributed by atoms with E-state index in [1.165, 1.54) is 0 Å². The number of rotatable bonds is 4. The van der Waals surface area contributed by atoms with Crippen molar-refractivity contribution in [3.63, 3.8) is 0 Å². The van der Waals surface area contributed by atoms with E-state index in [9.17, 15) is 4.79 Å². The Balaban J connectivity index is 2.28. The Morgan fingerprint density at radius 1 is 1.24 bits per heavy atom. The summed E-state index contributed by atoms with van der Waals surface area (Å²) in [4.78, 5) is 11.6. The lowest BCUT2D eigenvalue weighted by Crippen LogP contribution is -2.29. The van der Waals surface area contributed by atoms with Gasteiger partial charge >= 0.3 is 0 Å². The van der Waals surface area contributed by atoms with Gasteiger partial charge in [0.1, 0.15) is 5.75 Å². The summed E-state index contributed by atoms with van der Waals surface area (Å²) in [5, 5.41) is 12.0. The third-order valence-electron chi connectivity index (χ3n) is 2.36. The fourth-order valence-corrected chi connectivity index (χ4v) is 1.55. The smallest absolute Gasteiger partial charge is 0.220 e. The van der Waals surface area contributed by atoms with Gasteiger partial charge in [-0.25, -0.2) is 0 Å². The molecule has 0 bridgehead atoms. The van der Waals surface area contributed by atoms with Crippen molar-refractivity contribution in [2.75, 3.05) is 6.54 Å². The first kappa shape index (κ1) is 13.6. The van der Waals surface area contributed by atoms with Crippen molar-refractivity contribution in [3.05, 3.63) is 29.8 Å². The van der Waals surface area contributed by atoms with E-state index in [0.717, 1.165) is 12.0 Å². The van der Waals surface area contributed by atoms with Gasteiger partial charge in [-0.2, -0.15) is 0 Å². The van der Waals surface area contributed by atoms with E-state index in [1.54, 1.807) is 12.1 Å². The van der Waals surface area contributed by atoms with Gasteiger partial charge in [0.2, 0.25) is 5.91 Å². The number of carbonyl (C=O) groups is 1. The van der Waals surface area contributed by atoms with Crippen LogP contribution in [0.15, 0.2) is 24.3 Å². The van der Waals surface area contributed by atoms with Crippen LogP contribution in [0.4, 0.5) is 0 Å². The van der Waals surface area contributed by atoms with Gasteiger partial charge in [-0.15, -0.1) is 0 Å². The Bertz CT molecular complexity index is 363. The highest BCUT2D eigenvalue weighted by molar-refractivity contribution is 5.76. The summed E-state index contributed by atoms with van der Waals surface area (Å²) in [6.07, 6.45) is 1.33. The standard InChI is InChI=1S/C14H21NO2/c1-14(2,3)10-13(17)15-9-8-11-4-6-12(16)7-5-11/h4-7,16H,8-10H2,1-3H3,(H,15,17). The highest BCUT2D eigenvalue weighted by Crippen LogP contribution is 2.17. The van der Waals surface area contributed by atoms with E-state index in [-0.39, 0.29) is 17.1 Å². The van der Waals surface area contributed by atoms with E-state index in [4.69, 9.17) is 5.11 Å². The number of benzene rings is 1. The van der Waals surface area contributed by atoms with Gasteiger partial charge in [-0.05, 0) is 29.5 Å². The van der Waals surface area contributed by atoms with Crippen molar-refractivity contribution in [2.24, 2.45) is 5.41 Å². The lowest BCUT2D eigenvalue weighted by Gasteiger charge is -2.17. The Labute approximate surface area is 103 Å². The average molecular weight is 235 g/mol. The van der Waals surface area contributed by atoms with E-state index < -0.39 is 0 Å². The molecule has 1 aromatic rings. The van der Waals surface area contributed by atoms with Crippen LogP contribution < -0.4 is 5.32 Å². The van der Waals surface area contributed by atoms with Gasteiger partial charge in [-0.1, -0.05) is 32.9 Å². The number of aromatic hydroxyl groups is 1. The lowest BCUT2D eigenvalue weighted by atomic mass is 9.92. The molecule has 0 aromatic heterocycles. The van der Waals surface area contributed by atoms with Crippen LogP contribution >= 0.6 is 0 Å². The zero-order chi connectivity index (χ0) is 12.9. The number of carbonyl (C=O) groups excluding carboxylic acids is 1. The lowest BCUT2D eigenvalue weighted by molar-refractivity contribution is -0.122. The number of phenolic OH excluding ortho intramolecular Hbond substituents is 1. The molecule has 3 nitrogen and oxygen atoms in total. The van der Waals surface area contributed by atoms with Crippen molar-refractivity contribution < 1.29 is 9.90 Å². The summed E-state index contributed by atoms with van der Waals surface area (Å²) >= 11 is 0. The van der Waals surface area contributed by atoms with Gasteiger partial charge in [0.15, 0.2) is 0 Å². The Hall–Kier alpha value is -1.51. The van der Waals surface area contributed by atoms with Crippen molar-refractivity contribution in [3.8, 4) is 5.75 Å². The molecule has 17 heavy (non-hydrogen) atoms. The molecule has 0 unspecified atom stereocenters. The molecule has 0 aliphatic heterocycles. The molecule has 2 N–H and O–H groups in total. The zero-order valence-electron chi connectivity index (χ0n) is 10.8. The minimum Gasteiger partial charge on any atom is -0.508 e. The molecule has 0 saturated heterocycles. The average Bonchev–Trinajstić information content (AvgIpc) is 2.18. The van der Waals surface area contributed by atoms with Gasteiger partial charge in [0.05, 0.1) is 0 Å². The van der Waals surface area contributed by atoms with Crippen LogP contribution in [-0.4, -0.2) is 17.6 Å². The quantitative estimate of drug-likeness (QED) is 0.842. The SMILES string of the molecule is CC(C)(C)CC(=O)NCCc1ccc(O)cc1. The van der Waals surface area contributed by atoms with Gasteiger partial charge in [-0.3, -0.25) is 4.79 Å². The number of amides is 1. The molecule has 0 radical (unpaired) electrons. The number of nitrogens with one attached hydrogen (secondary N) is 1. The van der Waals surface area contributed by atoms with Crippen LogP contribution in [0.3, 0.4) is 0 Å². The maximum Gasteiger partial charge on any atom is 0.220 e. The third-order valence-corrected chi connectivity index (χ3v) is 2.36. The molecule has 0 saturated carbocycles. The topological polar surface area (TPSA) is 49.3 Å². The largest absolute Gasteiger partial charge is 0.508 e. The Morgan fingerprint density at radius 2 is 1.82 bits per heavy atom. The molecule has 0 spiro atoms. The Kier molecular flexibility index (Phi) is 4.55. The first-order valence-electron chi connectivity index (χ1n) is 5.91. The molecular formula is C14H21NO2. The minimum absolute atomic E-state index is 0.0304. The van der Waals surface area contributed by atoms with Crippen LogP contribution in [0.25, 0.3) is 0 Å². The van der Waals surface area contributed by atoms with Crippen LogP contribution in [-0.2, 0) is 11.2 Å². The molecule has 0 aliphatic carbocycles. The van der Waals surface area contributed by atoms with Crippen LogP contribution in [0.2, 0.25) is 0 Å². The first-order chi connectivity index (χ1) is 7.87. The number of hydrogen-bond donors (Lipinski definition) is 2. The molecule has 0 heterocycles. The number of phenols is 1. The summed E-state index contributed by atoms with van der Waals surface area (Å²) < 4.78 is 0. The predicted molar refractivity (Wildman–Crippen MR) is 68.9 cm³/mol. The molecule has 94 valence electrons. The molecule has 1 rings (SSSR count). The molecule has 1 aromatic carbocycles. The highest BCUT2D eigenvalue weighted by atomic mass is 16.3. The van der Waals surface area contributed by atoms with Gasteiger partial charge in [0.25, 0.3) is 0 Å². The van der Waals surface area contributed by atoms with Crippen LogP contribution in [0.1, 0.15) is 32.8 Å². The maximum atomic E-state index is 11.6. The van der Waals surface area contributed by atoms with Crippen molar-refractivity contribution in [1.82, 2.24) is 5.32 Å². The van der Waals surface area contributed by atoms with E-state index >= 15 is 0 Å². The van der Waals surface area contributed by atoms with Gasteiger partial charge in [0, 0.05) is 13.0 Å². The first-order valence-corrected chi connectivity index (χ1v) is 5.91. The molecule has 0 aliphatic rings. The second-order valence-corrected chi connectivity index (χ2v) is 5.50. The molecule has 0 atom stereocenters. The normalized spacial score (nSPS) is 11.2. The highest BCUT2D eigenvalue weighted by Gasteiger charge is 2.15. The summed E-state index contributed by atoms with van der Waals surface area (Å²) in [5.74, 6) is 0.363. The molecule has 1 amide bonds. The van der Waals surface area contributed by atoms with Crippen molar-refractivity contribution in [1.29, 1.82) is 0 Å². The van der Waals surface area contributed by atoms with Crippen molar-refractivity contribution in [2.45, 2.75) is 33.6 Å². The minimum atomic E-state index is 0.0304. The van der Waals surface area contributed by atoms with E-state index in [2.05, 4.69) is 5.32 Å². The summed E-state index contributed by atoms with van der Waals surface area (Å²) in [6.45, 7) is 6.78. The van der Waals surface area contributed by atoms with Crippen molar-refractivity contribution >= 4 is 5.91 Å². The summed E-state index contributed by atoms with van der Waals surface area (Å²) in [5.41, 5.74) is 1.14. The molecule has 3 heteroatoms. The van der Waals surface area contributed by atoms with E-state index in [0.29, 0.717) is 13.0 Å². The number of hydrogen-bond acceptors (Lipinski definition) is 2. The third kappa shape index (κ3) is 5.95. The zero-order valence-corrected chi connectivity index (χ0v) is 10.8. The summed E-state index contributed by atoms with van der Waals surface area (Å²) in [7, 11) is 0. The fraction of sp³-hybridized carbons (Fsp3) is 0.500. The monoisotopic (exact) mass is 235 g/mol. The summed E-state index contributed by atoms with van der Waals surface area (Å²) in [6, 6.07) is 7.05. The predicted octanol–water partition coefficient (Wildman–Crippen LogP) is 2.49. The fourth-order valence-electron chi connectivity index (χ4n) is 1.55. The van der Waals surface area contributed by atoms with Gasteiger partial charge < -0.3 is 10.4 Å². The van der Waals surface area contributed by atoms with Crippen LogP contribution in [0, 0.1) is 5.41 Å². The van der Waals surface area contributed by atoms with E-state index in [1.807, 2.05) is 32.9 Å².